The lowest BCUT2D eigenvalue weighted by molar-refractivity contribution is -0.229. The van der Waals surface area contributed by atoms with Crippen LogP contribution in [-0.2, 0) is 9.47 Å². The van der Waals surface area contributed by atoms with E-state index in [-0.39, 0.29) is 12.2 Å². The number of hydrogen-bond donors (Lipinski definition) is 0. The SMILES string of the molecule is CC[C@H]1CO[C@H]([C@H]2CC[C@H](C#N)CC2)OC1. The van der Waals surface area contributed by atoms with Crippen LogP contribution in [0.1, 0.15) is 39.0 Å². The molecule has 1 aliphatic heterocycles. The second kappa shape index (κ2) is 5.65. The van der Waals surface area contributed by atoms with Gasteiger partial charge in [-0.1, -0.05) is 6.92 Å². The molecule has 0 N–H and O–H groups in total. The highest BCUT2D eigenvalue weighted by molar-refractivity contribution is 4.88. The van der Waals surface area contributed by atoms with Gasteiger partial charge in [0.05, 0.1) is 19.3 Å². The van der Waals surface area contributed by atoms with Gasteiger partial charge in [0.25, 0.3) is 0 Å². The highest BCUT2D eigenvalue weighted by Crippen LogP contribution is 2.33. The minimum atomic E-state index is 0.00226. The first kappa shape index (κ1) is 11.9. The molecule has 0 bridgehead atoms. The van der Waals surface area contributed by atoms with Crippen LogP contribution in [0.25, 0.3) is 0 Å². The molecule has 0 radical (unpaired) electrons. The summed E-state index contributed by atoms with van der Waals surface area (Å²) in [4.78, 5) is 0. The largest absolute Gasteiger partial charge is 0.352 e. The monoisotopic (exact) mass is 223 g/mol. The molecule has 1 aliphatic carbocycles. The van der Waals surface area contributed by atoms with Crippen molar-refractivity contribution in [2.45, 2.75) is 45.3 Å². The molecule has 0 spiro atoms. The van der Waals surface area contributed by atoms with Gasteiger partial charge in [-0.05, 0) is 32.1 Å². The van der Waals surface area contributed by atoms with E-state index in [9.17, 15) is 0 Å². The van der Waals surface area contributed by atoms with Gasteiger partial charge in [0, 0.05) is 17.8 Å². The lowest BCUT2D eigenvalue weighted by atomic mass is 9.82. The van der Waals surface area contributed by atoms with Crippen LogP contribution in [-0.4, -0.2) is 19.5 Å². The van der Waals surface area contributed by atoms with Gasteiger partial charge < -0.3 is 9.47 Å². The molecule has 0 unspecified atom stereocenters. The second-order valence-electron chi connectivity index (χ2n) is 5.05. The normalized spacial score (nSPS) is 40.2. The summed E-state index contributed by atoms with van der Waals surface area (Å²) in [7, 11) is 0. The zero-order valence-electron chi connectivity index (χ0n) is 10.0. The van der Waals surface area contributed by atoms with Crippen molar-refractivity contribution in [1.82, 2.24) is 0 Å². The Morgan fingerprint density at radius 1 is 1.12 bits per heavy atom. The molecule has 1 saturated carbocycles. The Balaban J connectivity index is 1.76. The summed E-state index contributed by atoms with van der Waals surface area (Å²) in [5, 5.41) is 8.84. The molecule has 0 atom stereocenters. The summed E-state index contributed by atoms with van der Waals surface area (Å²) in [6.45, 7) is 3.87. The minimum absolute atomic E-state index is 0.00226. The van der Waals surface area contributed by atoms with E-state index in [2.05, 4.69) is 13.0 Å². The molecular weight excluding hydrogens is 202 g/mol. The minimum Gasteiger partial charge on any atom is -0.352 e. The number of nitrogens with zero attached hydrogens (tertiary/aromatic N) is 1. The van der Waals surface area contributed by atoms with Crippen molar-refractivity contribution in [3.05, 3.63) is 0 Å². The fourth-order valence-electron chi connectivity index (χ4n) is 2.59. The van der Waals surface area contributed by atoms with Gasteiger partial charge in [-0.15, -0.1) is 0 Å². The molecule has 2 aliphatic rings. The third kappa shape index (κ3) is 2.75. The number of rotatable bonds is 2. The molecule has 90 valence electrons. The zero-order chi connectivity index (χ0) is 11.4. The predicted molar refractivity (Wildman–Crippen MR) is 60.5 cm³/mol. The molecule has 0 aromatic heterocycles. The van der Waals surface area contributed by atoms with Crippen LogP contribution in [0, 0.1) is 29.1 Å². The Labute approximate surface area is 97.7 Å². The number of hydrogen-bond acceptors (Lipinski definition) is 3. The van der Waals surface area contributed by atoms with Crippen LogP contribution in [0.5, 0.6) is 0 Å². The van der Waals surface area contributed by atoms with Crippen molar-refractivity contribution in [3.8, 4) is 6.07 Å². The second-order valence-corrected chi connectivity index (χ2v) is 5.05. The maximum Gasteiger partial charge on any atom is 0.160 e. The van der Waals surface area contributed by atoms with Crippen LogP contribution in [0.3, 0.4) is 0 Å². The van der Waals surface area contributed by atoms with Crippen molar-refractivity contribution < 1.29 is 9.47 Å². The molecule has 0 amide bonds. The summed E-state index contributed by atoms with van der Waals surface area (Å²) in [6, 6.07) is 2.36. The Hall–Kier alpha value is -0.590. The average Bonchev–Trinajstić information content (AvgIpc) is 2.39. The Kier molecular flexibility index (Phi) is 4.20. The maximum atomic E-state index is 8.84. The topological polar surface area (TPSA) is 42.2 Å². The van der Waals surface area contributed by atoms with Crippen LogP contribution in [0.15, 0.2) is 0 Å². The molecular formula is C13H21NO2. The summed E-state index contributed by atoms with van der Waals surface area (Å²) < 4.78 is 11.6. The van der Waals surface area contributed by atoms with E-state index in [0.717, 1.165) is 45.3 Å². The zero-order valence-corrected chi connectivity index (χ0v) is 10.0. The van der Waals surface area contributed by atoms with E-state index in [1.807, 2.05) is 0 Å². The molecule has 3 heteroatoms. The van der Waals surface area contributed by atoms with Crippen molar-refractivity contribution in [1.29, 1.82) is 5.26 Å². The van der Waals surface area contributed by atoms with Crippen molar-refractivity contribution in [2.75, 3.05) is 13.2 Å². The van der Waals surface area contributed by atoms with E-state index < -0.39 is 0 Å². The summed E-state index contributed by atoms with van der Waals surface area (Å²) in [6.07, 6.45) is 5.33. The van der Waals surface area contributed by atoms with E-state index in [1.54, 1.807) is 0 Å². The first-order valence-electron chi connectivity index (χ1n) is 6.46. The Bertz CT molecular complexity index is 245. The molecule has 2 rings (SSSR count). The van der Waals surface area contributed by atoms with Crippen LogP contribution in [0.4, 0.5) is 0 Å². The van der Waals surface area contributed by atoms with Gasteiger partial charge in [-0.2, -0.15) is 5.26 Å². The average molecular weight is 223 g/mol. The van der Waals surface area contributed by atoms with E-state index in [4.69, 9.17) is 14.7 Å². The highest BCUT2D eigenvalue weighted by atomic mass is 16.7. The Morgan fingerprint density at radius 3 is 2.25 bits per heavy atom. The lowest BCUT2D eigenvalue weighted by Crippen LogP contribution is -2.38. The van der Waals surface area contributed by atoms with Gasteiger partial charge in [-0.25, -0.2) is 0 Å². The first-order chi connectivity index (χ1) is 7.83. The van der Waals surface area contributed by atoms with Crippen molar-refractivity contribution >= 4 is 0 Å². The van der Waals surface area contributed by atoms with Gasteiger partial charge in [0.1, 0.15) is 0 Å². The third-order valence-electron chi connectivity index (χ3n) is 3.91. The highest BCUT2D eigenvalue weighted by Gasteiger charge is 2.31. The van der Waals surface area contributed by atoms with Gasteiger partial charge in [-0.3, -0.25) is 0 Å². The summed E-state index contributed by atoms with van der Waals surface area (Å²) >= 11 is 0. The van der Waals surface area contributed by atoms with Crippen LogP contribution in [0.2, 0.25) is 0 Å². The first-order valence-corrected chi connectivity index (χ1v) is 6.46. The van der Waals surface area contributed by atoms with Crippen LogP contribution < -0.4 is 0 Å². The van der Waals surface area contributed by atoms with E-state index >= 15 is 0 Å². The lowest BCUT2D eigenvalue weighted by Gasteiger charge is -2.36. The fourth-order valence-corrected chi connectivity index (χ4v) is 2.59. The van der Waals surface area contributed by atoms with E-state index in [1.165, 1.54) is 0 Å². The standard InChI is InChI=1S/C13H21NO2/c1-2-10-8-15-13(16-9-10)12-5-3-11(7-14)4-6-12/h10-13H,2-6,8-9H2,1H3/t10-,11-,12-,13-. The predicted octanol–water partition coefficient (Wildman–Crippen LogP) is 2.72. The quantitative estimate of drug-likeness (QED) is 0.723. The summed E-state index contributed by atoms with van der Waals surface area (Å²) in [5.41, 5.74) is 0. The number of nitriles is 1. The molecule has 1 saturated heterocycles. The molecule has 1 heterocycles. The maximum absolute atomic E-state index is 8.84. The third-order valence-corrected chi connectivity index (χ3v) is 3.91. The molecule has 2 fully saturated rings. The smallest absolute Gasteiger partial charge is 0.160 e. The van der Waals surface area contributed by atoms with Gasteiger partial charge in [0.15, 0.2) is 6.29 Å². The molecule has 0 aromatic carbocycles. The molecule has 16 heavy (non-hydrogen) atoms. The summed E-state index contributed by atoms with van der Waals surface area (Å²) in [5.74, 6) is 1.36. The van der Waals surface area contributed by atoms with Crippen LogP contribution >= 0.6 is 0 Å². The van der Waals surface area contributed by atoms with Crippen molar-refractivity contribution in [3.63, 3.8) is 0 Å². The van der Waals surface area contributed by atoms with E-state index in [0.29, 0.717) is 11.8 Å². The Morgan fingerprint density at radius 2 is 1.75 bits per heavy atom. The van der Waals surface area contributed by atoms with Crippen molar-refractivity contribution in [2.24, 2.45) is 17.8 Å². The van der Waals surface area contributed by atoms with Gasteiger partial charge >= 0.3 is 0 Å². The molecule has 0 aromatic rings. The fraction of sp³-hybridized carbons (Fsp3) is 0.923. The number of ether oxygens (including phenoxy) is 2. The van der Waals surface area contributed by atoms with Gasteiger partial charge in [0.2, 0.25) is 0 Å². The molecule has 3 nitrogen and oxygen atoms in total.